The molecule has 0 aliphatic carbocycles. The van der Waals surface area contributed by atoms with Gasteiger partial charge in [0.1, 0.15) is 0 Å². The second-order valence-electron chi connectivity index (χ2n) is 4.23. The molecular weight excluding hydrogens is 200 g/mol. The number of fused-ring (bicyclic) bond motifs is 3. The number of hydrogen-bond acceptors (Lipinski definition) is 3. The monoisotopic (exact) mass is 214 g/mol. The van der Waals surface area contributed by atoms with Gasteiger partial charge in [0.2, 0.25) is 0 Å². The molecule has 1 aromatic carbocycles. The van der Waals surface area contributed by atoms with Gasteiger partial charge in [-0.25, -0.2) is 4.68 Å². The first-order valence-electron chi connectivity index (χ1n) is 5.52. The summed E-state index contributed by atoms with van der Waals surface area (Å²) in [4.78, 5) is 0. The minimum Gasteiger partial charge on any atom is -0.324 e. The lowest BCUT2D eigenvalue weighted by atomic mass is 9.97. The van der Waals surface area contributed by atoms with Crippen LogP contribution < -0.4 is 5.73 Å². The van der Waals surface area contributed by atoms with E-state index in [9.17, 15) is 0 Å². The molecule has 0 fully saturated rings. The van der Waals surface area contributed by atoms with Crippen molar-refractivity contribution in [3.63, 3.8) is 0 Å². The molecule has 0 radical (unpaired) electrons. The average Bonchev–Trinajstić information content (AvgIpc) is 2.60. The highest BCUT2D eigenvalue weighted by atomic mass is 15.4. The van der Waals surface area contributed by atoms with E-state index in [0.717, 1.165) is 24.4 Å². The van der Waals surface area contributed by atoms with Crippen LogP contribution in [0.3, 0.4) is 0 Å². The van der Waals surface area contributed by atoms with Crippen molar-refractivity contribution in [3.05, 3.63) is 35.5 Å². The van der Waals surface area contributed by atoms with Crippen LogP contribution in [-0.4, -0.2) is 15.0 Å². The fraction of sp³-hybridized carbons (Fsp3) is 0.333. The Balaban J connectivity index is 2.31. The van der Waals surface area contributed by atoms with Crippen LogP contribution in [0.5, 0.6) is 0 Å². The number of hydrogen-bond donors (Lipinski definition) is 1. The third kappa shape index (κ3) is 1.27. The highest BCUT2D eigenvalue weighted by Crippen LogP contribution is 2.33. The van der Waals surface area contributed by atoms with Crippen LogP contribution in [0.15, 0.2) is 24.3 Å². The van der Waals surface area contributed by atoms with E-state index in [-0.39, 0.29) is 6.04 Å². The van der Waals surface area contributed by atoms with Crippen molar-refractivity contribution < 1.29 is 0 Å². The fourth-order valence-electron chi connectivity index (χ4n) is 2.34. The molecule has 0 amide bonds. The van der Waals surface area contributed by atoms with E-state index in [1.54, 1.807) is 0 Å². The van der Waals surface area contributed by atoms with Crippen LogP contribution in [0.2, 0.25) is 0 Å². The van der Waals surface area contributed by atoms with Crippen molar-refractivity contribution in [2.75, 3.05) is 0 Å². The standard InChI is InChI=1S/C12H14N4/c1-8-12-10-5-3-2-4-9(10)11(13)6-7-16(12)15-14-8/h2-5,11H,6-7,13H2,1H3. The summed E-state index contributed by atoms with van der Waals surface area (Å²) >= 11 is 0. The van der Waals surface area contributed by atoms with Gasteiger partial charge in [0.25, 0.3) is 0 Å². The second kappa shape index (κ2) is 3.42. The lowest BCUT2D eigenvalue weighted by Gasteiger charge is -2.11. The molecule has 0 saturated carbocycles. The quantitative estimate of drug-likeness (QED) is 0.725. The lowest BCUT2D eigenvalue weighted by Crippen LogP contribution is -2.11. The van der Waals surface area contributed by atoms with Crippen molar-refractivity contribution >= 4 is 0 Å². The van der Waals surface area contributed by atoms with Gasteiger partial charge in [-0.15, -0.1) is 5.10 Å². The van der Waals surface area contributed by atoms with Gasteiger partial charge in [0.15, 0.2) is 0 Å². The normalized spacial score (nSPS) is 18.8. The van der Waals surface area contributed by atoms with E-state index in [1.807, 2.05) is 23.7 Å². The number of aromatic nitrogens is 3. The van der Waals surface area contributed by atoms with Crippen molar-refractivity contribution in [2.24, 2.45) is 5.73 Å². The number of benzene rings is 1. The molecule has 16 heavy (non-hydrogen) atoms. The van der Waals surface area contributed by atoms with Crippen LogP contribution in [0.4, 0.5) is 0 Å². The smallest absolute Gasteiger partial charge is 0.0918 e. The SMILES string of the molecule is Cc1nnn2c1-c1ccccc1C(N)CC2. The Kier molecular flexibility index (Phi) is 2.04. The summed E-state index contributed by atoms with van der Waals surface area (Å²) < 4.78 is 1.96. The van der Waals surface area contributed by atoms with Gasteiger partial charge in [-0.1, -0.05) is 29.5 Å². The zero-order chi connectivity index (χ0) is 11.1. The van der Waals surface area contributed by atoms with Crippen molar-refractivity contribution in [1.82, 2.24) is 15.0 Å². The molecule has 2 N–H and O–H groups in total. The largest absolute Gasteiger partial charge is 0.324 e. The van der Waals surface area contributed by atoms with Crippen molar-refractivity contribution in [3.8, 4) is 11.3 Å². The average molecular weight is 214 g/mol. The van der Waals surface area contributed by atoms with Crippen LogP contribution in [0.25, 0.3) is 11.3 Å². The lowest BCUT2D eigenvalue weighted by molar-refractivity contribution is 0.524. The Morgan fingerprint density at radius 3 is 3.06 bits per heavy atom. The summed E-state index contributed by atoms with van der Waals surface area (Å²) in [5.74, 6) is 0. The first-order chi connectivity index (χ1) is 7.77. The topological polar surface area (TPSA) is 56.7 Å². The summed E-state index contributed by atoms with van der Waals surface area (Å²) in [5, 5.41) is 8.30. The molecule has 2 heterocycles. The molecule has 3 rings (SSSR count). The molecule has 1 aliphatic heterocycles. The molecule has 1 atom stereocenters. The van der Waals surface area contributed by atoms with Gasteiger partial charge < -0.3 is 5.73 Å². The number of nitrogens with zero attached hydrogens (tertiary/aromatic N) is 3. The van der Waals surface area contributed by atoms with E-state index < -0.39 is 0 Å². The zero-order valence-corrected chi connectivity index (χ0v) is 9.22. The molecule has 0 bridgehead atoms. The first kappa shape index (κ1) is 9.54. The molecule has 82 valence electrons. The van der Waals surface area contributed by atoms with Gasteiger partial charge >= 0.3 is 0 Å². The zero-order valence-electron chi connectivity index (χ0n) is 9.22. The Hall–Kier alpha value is -1.68. The van der Waals surface area contributed by atoms with Crippen molar-refractivity contribution in [2.45, 2.75) is 25.9 Å². The van der Waals surface area contributed by atoms with Gasteiger partial charge in [0.05, 0.1) is 11.4 Å². The minimum atomic E-state index is 0.0947. The van der Waals surface area contributed by atoms with Crippen molar-refractivity contribution in [1.29, 1.82) is 0 Å². The van der Waals surface area contributed by atoms with Crippen LogP contribution >= 0.6 is 0 Å². The summed E-state index contributed by atoms with van der Waals surface area (Å²) in [6.45, 7) is 2.83. The Bertz CT molecular complexity index is 530. The fourth-order valence-corrected chi connectivity index (χ4v) is 2.34. The van der Waals surface area contributed by atoms with Gasteiger partial charge in [-0.05, 0) is 18.9 Å². The predicted octanol–water partition coefficient (Wildman–Crippen LogP) is 1.66. The summed E-state index contributed by atoms with van der Waals surface area (Å²) in [6.07, 6.45) is 0.910. The minimum absolute atomic E-state index is 0.0947. The molecular formula is C12H14N4. The molecule has 2 aromatic rings. The van der Waals surface area contributed by atoms with Gasteiger partial charge in [0, 0.05) is 18.2 Å². The van der Waals surface area contributed by atoms with E-state index in [4.69, 9.17) is 5.73 Å². The van der Waals surface area contributed by atoms with Gasteiger partial charge in [-0.3, -0.25) is 0 Å². The predicted molar refractivity (Wildman–Crippen MR) is 61.7 cm³/mol. The third-order valence-corrected chi connectivity index (χ3v) is 3.17. The molecule has 1 aliphatic rings. The maximum atomic E-state index is 6.17. The molecule has 1 unspecified atom stereocenters. The maximum Gasteiger partial charge on any atom is 0.0918 e. The number of rotatable bonds is 0. The molecule has 0 spiro atoms. The van der Waals surface area contributed by atoms with E-state index in [2.05, 4.69) is 22.4 Å². The highest BCUT2D eigenvalue weighted by Gasteiger charge is 2.22. The first-order valence-corrected chi connectivity index (χ1v) is 5.52. The van der Waals surface area contributed by atoms with E-state index >= 15 is 0 Å². The molecule has 4 heteroatoms. The summed E-state index contributed by atoms with van der Waals surface area (Å²) in [6, 6.07) is 8.36. The number of aryl methyl sites for hydroxylation is 2. The Labute approximate surface area is 94.1 Å². The van der Waals surface area contributed by atoms with Crippen LogP contribution in [-0.2, 0) is 6.54 Å². The van der Waals surface area contributed by atoms with E-state index in [1.165, 1.54) is 11.1 Å². The molecule has 0 saturated heterocycles. The number of nitrogens with two attached hydrogens (primary N) is 1. The third-order valence-electron chi connectivity index (χ3n) is 3.17. The maximum absolute atomic E-state index is 6.17. The van der Waals surface area contributed by atoms with Crippen LogP contribution in [0.1, 0.15) is 23.7 Å². The summed E-state index contributed by atoms with van der Waals surface area (Å²) in [7, 11) is 0. The second-order valence-corrected chi connectivity index (χ2v) is 4.23. The molecule has 4 nitrogen and oxygen atoms in total. The summed E-state index contributed by atoms with van der Waals surface area (Å²) in [5.41, 5.74) is 10.6. The van der Waals surface area contributed by atoms with E-state index in [0.29, 0.717) is 0 Å². The Morgan fingerprint density at radius 2 is 2.19 bits per heavy atom. The van der Waals surface area contributed by atoms with Crippen LogP contribution in [0, 0.1) is 6.92 Å². The highest BCUT2D eigenvalue weighted by molar-refractivity contribution is 5.67. The Morgan fingerprint density at radius 1 is 1.38 bits per heavy atom. The van der Waals surface area contributed by atoms with Gasteiger partial charge in [-0.2, -0.15) is 0 Å². The molecule has 1 aromatic heterocycles.